The monoisotopic (exact) mass is 382 g/mol. The summed E-state index contributed by atoms with van der Waals surface area (Å²) in [5.74, 6) is -0.290. The van der Waals surface area contributed by atoms with Crippen molar-refractivity contribution < 1.29 is 19.2 Å². The van der Waals surface area contributed by atoms with Gasteiger partial charge >= 0.3 is 5.97 Å². The first-order chi connectivity index (χ1) is 12.2. The minimum absolute atomic E-state index is 0.0274. The number of nitrogens with one attached hydrogen (secondary N) is 1. The van der Waals surface area contributed by atoms with Gasteiger partial charge in [0.2, 0.25) is 0 Å². The zero-order valence-electron chi connectivity index (χ0n) is 15.0. The van der Waals surface area contributed by atoms with Crippen LogP contribution in [0.2, 0.25) is 5.02 Å². The molecule has 8 heteroatoms. The number of benzene rings is 1. The number of carbonyl (C=O) groups excluding carboxylic acids is 2. The van der Waals surface area contributed by atoms with Crippen LogP contribution in [0.25, 0.3) is 0 Å². The van der Waals surface area contributed by atoms with Crippen LogP contribution in [0.1, 0.15) is 50.4 Å². The van der Waals surface area contributed by atoms with Gasteiger partial charge in [0.25, 0.3) is 11.6 Å². The average Bonchev–Trinajstić information content (AvgIpc) is 2.58. The van der Waals surface area contributed by atoms with E-state index in [-0.39, 0.29) is 28.2 Å². The van der Waals surface area contributed by atoms with Gasteiger partial charge in [-0.15, -0.1) is 0 Å². The van der Waals surface area contributed by atoms with E-state index in [1.54, 1.807) is 0 Å². The smallest absolute Gasteiger partial charge is 0.339 e. The molecule has 4 atom stereocenters. The SMILES string of the molecule is C[C@@H]1[C@H](C)CCC[C@@H]1NC(=O)[C@@H](C)OC(=O)c1ccc(Cl)c([N+](=O)[O-])c1. The zero-order valence-corrected chi connectivity index (χ0v) is 15.8. The van der Waals surface area contributed by atoms with Crippen molar-refractivity contribution in [2.75, 3.05) is 0 Å². The molecule has 0 bridgehead atoms. The van der Waals surface area contributed by atoms with Gasteiger partial charge in [-0.05, 0) is 37.3 Å². The molecule has 0 aromatic heterocycles. The van der Waals surface area contributed by atoms with Crippen molar-refractivity contribution in [3.8, 4) is 0 Å². The van der Waals surface area contributed by atoms with E-state index in [2.05, 4.69) is 19.2 Å². The molecule has 26 heavy (non-hydrogen) atoms. The van der Waals surface area contributed by atoms with Crippen LogP contribution >= 0.6 is 11.6 Å². The third-order valence-corrected chi connectivity index (χ3v) is 5.39. The highest BCUT2D eigenvalue weighted by Gasteiger charge is 2.30. The lowest BCUT2D eigenvalue weighted by Crippen LogP contribution is -2.47. The number of rotatable bonds is 5. The predicted octanol–water partition coefficient (Wildman–Crippen LogP) is 3.73. The molecule has 1 fully saturated rings. The van der Waals surface area contributed by atoms with E-state index in [0.717, 1.165) is 25.3 Å². The summed E-state index contributed by atoms with van der Waals surface area (Å²) in [6.45, 7) is 5.76. The van der Waals surface area contributed by atoms with Crippen LogP contribution in [-0.2, 0) is 9.53 Å². The number of amides is 1. The lowest BCUT2D eigenvalue weighted by Gasteiger charge is -2.35. The number of nitro groups is 1. The van der Waals surface area contributed by atoms with Crippen molar-refractivity contribution in [2.24, 2.45) is 11.8 Å². The molecule has 0 radical (unpaired) electrons. The Morgan fingerprint density at radius 3 is 2.69 bits per heavy atom. The number of nitrogens with zero attached hydrogens (tertiary/aromatic N) is 1. The summed E-state index contributed by atoms with van der Waals surface area (Å²) in [7, 11) is 0. The average molecular weight is 383 g/mol. The number of hydrogen-bond donors (Lipinski definition) is 1. The minimum atomic E-state index is -0.998. The number of hydrogen-bond acceptors (Lipinski definition) is 5. The molecule has 0 heterocycles. The third-order valence-electron chi connectivity index (χ3n) is 5.07. The van der Waals surface area contributed by atoms with Crippen molar-refractivity contribution in [1.82, 2.24) is 5.32 Å². The fourth-order valence-corrected chi connectivity index (χ4v) is 3.33. The molecular weight excluding hydrogens is 360 g/mol. The van der Waals surface area contributed by atoms with E-state index in [4.69, 9.17) is 16.3 Å². The summed E-state index contributed by atoms with van der Waals surface area (Å²) in [5.41, 5.74) is -0.413. The minimum Gasteiger partial charge on any atom is -0.449 e. The van der Waals surface area contributed by atoms with E-state index in [9.17, 15) is 19.7 Å². The summed E-state index contributed by atoms with van der Waals surface area (Å²) in [4.78, 5) is 34.8. The highest BCUT2D eigenvalue weighted by atomic mass is 35.5. The summed E-state index contributed by atoms with van der Waals surface area (Å²) < 4.78 is 5.16. The van der Waals surface area contributed by atoms with Crippen LogP contribution < -0.4 is 5.32 Å². The van der Waals surface area contributed by atoms with Gasteiger partial charge in [-0.3, -0.25) is 14.9 Å². The Labute approximate surface area is 157 Å². The number of esters is 1. The second-order valence-corrected chi connectivity index (χ2v) is 7.26. The molecule has 7 nitrogen and oxygen atoms in total. The van der Waals surface area contributed by atoms with Gasteiger partial charge in [0.15, 0.2) is 6.10 Å². The molecule has 0 saturated heterocycles. The molecule has 142 valence electrons. The lowest BCUT2D eigenvalue weighted by atomic mass is 9.78. The summed E-state index contributed by atoms with van der Waals surface area (Å²) >= 11 is 5.73. The Bertz CT molecular complexity index is 709. The standard InChI is InChI=1S/C18H23ClN2O5/c1-10-5-4-6-15(11(10)2)20-17(22)12(3)26-18(23)13-7-8-14(19)16(9-13)21(24)25/h7-12,15H,4-6H2,1-3H3,(H,20,22)/t10-,11-,12-,15+/m1/s1. The fourth-order valence-electron chi connectivity index (χ4n) is 3.15. The molecule has 1 aromatic carbocycles. The summed E-state index contributed by atoms with van der Waals surface area (Å²) in [6.07, 6.45) is 2.11. The first-order valence-electron chi connectivity index (χ1n) is 8.66. The van der Waals surface area contributed by atoms with E-state index < -0.39 is 17.0 Å². The van der Waals surface area contributed by atoms with Crippen molar-refractivity contribution >= 4 is 29.2 Å². The molecule has 2 rings (SSSR count). The molecule has 0 spiro atoms. The van der Waals surface area contributed by atoms with Gasteiger partial charge in [-0.2, -0.15) is 0 Å². The molecule has 1 aliphatic carbocycles. The molecule has 0 unspecified atom stereocenters. The van der Waals surface area contributed by atoms with Crippen LogP contribution in [-0.4, -0.2) is 28.9 Å². The van der Waals surface area contributed by atoms with Gasteiger partial charge in [0.05, 0.1) is 10.5 Å². The normalized spacial score (nSPS) is 23.8. The lowest BCUT2D eigenvalue weighted by molar-refractivity contribution is -0.384. The molecule has 1 N–H and O–H groups in total. The van der Waals surface area contributed by atoms with Gasteiger partial charge in [0, 0.05) is 12.1 Å². The summed E-state index contributed by atoms with van der Waals surface area (Å²) in [6, 6.07) is 3.68. The molecular formula is C18H23ClN2O5. The van der Waals surface area contributed by atoms with Crippen molar-refractivity contribution in [3.05, 3.63) is 38.9 Å². The maximum absolute atomic E-state index is 12.3. The Hall–Kier alpha value is -2.15. The first-order valence-corrected chi connectivity index (χ1v) is 9.03. The maximum Gasteiger partial charge on any atom is 0.339 e. The summed E-state index contributed by atoms with van der Waals surface area (Å²) in [5, 5.41) is 13.8. The number of carbonyl (C=O) groups is 2. The molecule has 0 aliphatic heterocycles. The van der Waals surface area contributed by atoms with Crippen LogP contribution in [0.5, 0.6) is 0 Å². The topological polar surface area (TPSA) is 98.5 Å². The van der Waals surface area contributed by atoms with Crippen molar-refractivity contribution in [3.63, 3.8) is 0 Å². The van der Waals surface area contributed by atoms with E-state index in [1.807, 2.05) is 0 Å². The van der Waals surface area contributed by atoms with Gasteiger partial charge in [0.1, 0.15) is 5.02 Å². The van der Waals surface area contributed by atoms with Crippen molar-refractivity contribution in [2.45, 2.75) is 52.2 Å². The van der Waals surface area contributed by atoms with E-state index in [0.29, 0.717) is 11.8 Å². The Morgan fingerprint density at radius 2 is 2.04 bits per heavy atom. The highest BCUT2D eigenvalue weighted by Crippen LogP contribution is 2.29. The number of ether oxygens (including phenoxy) is 1. The molecule has 1 aliphatic rings. The largest absolute Gasteiger partial charge is 0.449 e. The van der Waals surface area contributed by atoms with Crippen molar-refractivity contribution in [1.29, 1.82) is 0 Å². The molecule has 1 aromatic rings. The molecule has 1 amide bonds. The zero-order chi connectivity index (χ0) is 19.4. The van der Waals surface area contributed by atoms with Crippen LogP contribution in [0.15, 0.2) is 18.2 Å². The van der Waals surface area contributed by atoms with Crippen LogP contribution in [0.3, 0.4) is 0 Å². The van der Waals surface area contributed by atoms with Crippen LogP contribution in [0.4, 0.5) is 5.69 Å². The third kappa shape index (κ3) is 4.72. The Balaban J connectivity index is 1.99. The second-order valence-electron chi connectivity index (χ2n) is 6.85. The number of halogens is 1. The highest BCUT2D eigenvalue weighted by molar-refractivity contribution is 6.32. The van der Waals surface area contributed by atoms with E-state index >= 15 is 0 Å². The maximum atomic E-state index is 12.3. The fraction of sp³-hybridized carbons (Fsp3) is 0.556. The quantitative estimate of drug-likeness (QED) is 0.475. The molecule has 1 saturated carbocycles. The Kier molecular flexibility index (Phi) is 6.58. The van der Waals surface area contributed by atoms with Gasteiger partial charge in [-0.1, -0.05) is 38.3 Å². The van der Waals surface area contributed by atoms with Gasteiger partial charge < -0.3 is 10.1 Å². The van der Waals surface area contributed by atoms with E-state index in [1.165, 1.54) is 19.1 Å². The number of nitro benzene ring substituents is 1. The van der Waals surface area contributed by atoms with Gasteiger partial charge in [-0.25, -0.2) is 4.79 Å². The predicted molar refractivity (Wildman–Crippen MR) is 97.1 cm³/mol. The Morgan fingerprint density at radius 1 is 1.35 bits per heavy atom. The van der Waals surface area contributed by atoms with Crippen LogP contribution in [0, 0.1) is 22.0 Å². The second kappa shape index (κ2) is 8.49. The first kappa shape index (κ1) is 20.2.